The fraction of sp³-hybridized carbons (Fsp3) is 0.111. The van der Waals surface area contributed by atoms with Crippen molar-refractivity contribution in [1.29, 1.82) is 0 Å². The second kappa shape index (κ2) is 3.74. The second-order valence-corrected chi connectivity index (χ2v) is 5.41. The molecule has 0 aromatic carbocycles. The maximum atomic E-state index is 11.4. The summed E-state index contributed by atoms with van der Waals surface area (Å²) in [4.78, 5) is 4.02. The molecule has 0 amide bonds. The fourth-order valence-electron chi connectivity index (χ4n) is 1.35. The Labute approximate surface area is 98.0 Å². The minimum Gasteiger partial charge on any atom is -0.393 e. The molecule has 0 aliphatic heterocycles. The molecule has 4 N–H and O–H groups in total. The van der Waals surface area contributed by atoms with Gasteiger partial charge in [-0.1, -0.05) is 6.07 Å². The van der Waals surface area contributed by atoms with Gasteiger partial charge in [-0.2, -0.15) is 9.78 Å². The summed E-state index contributed by atoms with van der Waals surface area (Å²) in [6.07, 6.45) is 2.57. The zero-order valence-electron chi connectivity index (χ0n) is 9.03. The summed E-state index contributed by atoms with van der Waals surface area (Å²) in [6.45, 7) is 0. The van der Waals surface area contributed by atoms with Crippen LogP contribution in [0.5, 0.6) is 0 Å². The second-order valence-electron chi connectivity index (χ2n) is 3.48. The van der Waals surface area contributed by atoms with Gasteiger partial charge in [0, 0.05) is 12.5 Å². The molecule has 2 rings (SSSR count). The molecule has 17 heavy (non-hydrogen) atoms. The van der Waals surface area contributed by atoms with Gasteiger partial charge < -0.3 is 11.5 Å². The van der Waals surface area contributed by atoms with Crippen LogP contribution in [0.1, 0.15) is 0 Å². The van der Waals surface area contributed by atoms with E-state index in [2.05, 4.69) is 10.1 Å². The molecular formula is C9H11N5O2S. The Bertz CT molecular complexity index is 648. The maximum Gasteiger partial charge on any atom is 0.202 e. The summed E-state index contributed by atoms with van der Waals surface area (Å²) in [5.41, 5.74) is 11.3. The van der Waals surface area contributed by atoms with Crippen LogP contribution in [-0.4, -0.2) is 29.4 Å². The summed E-state index contributed by atoms with van der Waals surface area (Å²) in [5, 5.41) is 3.63. The molecule has 2 aromatic rings. The van der Waals surface area contributed by atoms with E-state index in [4.69, 9.17) is 11.5 Å². The highest BCUT2D eigenvalue weighted by Crippen LogP contribution is 2.25. The van der Waals surface area contributed by atoms with Crippen molar-refractivity contribution >= 4 is 21.3 Å². The van der Waals surface area contributed by atoms with Gasteiger partial charge in [-0.3, -0.25) is 0 Å². The van der Waals surface area contributed by atoms with Crippen LogP contribution in [0.3, 0.4) is 0 Å². The van der Waals surface area contributed by atoms with E-state index in [-0.39, 0.29) is 16.5 Å². The molecular weight excluding hydrogens is 242 g/mol. The number of nitrogen functional groups attached to an aromatic ring is 2. The van der Waals surface area contributed by atoms with Gasteiger partial charge in [-0.25, -0.2) is 13.4 Å². The smallest absolute Gasteiger partial charge is 0.202 e. The third kappa shape index (κ3) is 1.94. The number of sulfone groups is 1. The number of pyridine rings is 1. The van der Waals surface area contributed by atoms with Crippen LogP contribution in [0.4, 0.5) is 11.5 Å². The molecule has 7 nitrogen and oxygen atoms in total. The normalized spacial score (nSPS) is 11.6. The van der Waals surface area contributed by atoms with Crippen LogP contribution >= 0.6 is 0 Å². The lowest BCUT2D eigenvalue weighted by atomic mass is 10.4. The third-order valence-electron chi connectivity index (χ3n) is 2.14. The average molecular weight is 253 g/mol. The summed E-state index contributed by atoms with van der Waals surface area (Å²) >= 11 is 0. The molecule has 0 atom stereocenters. The molecule has 90 valence electrons. The van der Waals surface area contributed by atoms with Crippen molar-refractivity contribution < 1.29 is 8.42 Å². The minimum atomic E-state index is -3.51. The number of nitrogens with two attached hydrogens (primary N) is 2. The van der Waals surface area contributed by atoms with Gasteiger partial charge in [0.1, 0.15) is 5.69 Å². The van der Waals surface area contributed by atoms with Gasteiger partial charge >= 0.3 is 0 Å². The Balaban J connectivity index is 2.67. The Morgan fingerprint density at radius 2 is 2.00 bits per heavy atom. The van der Waals surface area contributed by atoms with Gasteiger partial charge in [0.05, 0.1) is 0 Å². The van der Waals surface area contributed by atoms with Gasteiger partial charge in [-0.15, -0.1) is 0 Å². The predicted octanol–water partition coefficient (Wildman–Crippen LogP) is -0.165. The van der Waals surface area contributed by atoms with Crippen molar-refractivity contribution in [3.05, 3.63) is 24.4 Å². The topological polar surface area (TPSA) is 117 Å². The third-order valence-corrected chi connectivity index (χ3v) is 3.15. The molecule has 0 spiro atoms. The van der Waals surface area contributed by atoms with E-state index in [1.165, 1.54) is 4.68 Å². The van der Waals surface area contributed by atoms with Crippen LogP contribution < -0.4 is 11.5 Å². The maximum absolute atomic E-state index is 11.4. The summed E-state index contributed by atoms with van der Waals surface area (Å²) in [5.74, 6) is 0.468. The number of rotatable bonds is 2. The molecule has 2 heterocycles. The first-order valence-corrected chi connectivity index (χ1v) is 6.56. The van der Waals surface area contributed by atoms with E-state index in [0.29, 0.717) is 5.82 Å². The van der Waals surface area contributed by atoms with E-state index in [9.17, 15) is 8.42 Å². The first-order valence-electron chi connectivity index (χ1n) is 4.66. The molecule has 0 aliphatic carbocycles. The predicted molar refractivity (Wildman–Crippen MR) is 63.3 cm³/mol. The van der Waals surface area contributed by atoms with Crippen molar-refractivity contribution in [3.63, 3.8) is 0 Å². The molecule has 0 radical (unpaired) electrons. The van der Waals surface area contributed by atoms with E-state index in [1.807, 2.05) is 0 Å². The van der Waals surface area contributed by atoms with E-state index < -0.39 is 9.84 Å². The average Bonchev–Trinajstić information content (AvgIpc) is 2.57. The zero-order valence-corrected chi connectivity index (χ0v) is 9.85. The molecule has 0 saturated heterocycles. The van der Waals surface area contributed by atoms with Crippen LogP contribution in [-0.2, 0) is 9.84 Å². The molecule has 0 fully saturated rings. The van der Waals surface area contributed by atoms with Crippen LogP contribution in [0.15, 0.2) is 29.4 Å². The number of aromatic nitrogens is 3. The number of nitrogens with zero attached hydrogens (tertiary/aromatic N) is 3. The Morgan fingerprint density at radius 3 is 2.47 bits per heavy atom. The monoisotopic (exact) mass is 253 g/mol. The Hall–Kier alpha value is -2.09. The zero-order chi connectivity index (χ0) is 12.6. The van der Waals surface area contributed by atoms with Gasteiger partial charge in [0.2, 0.25) is 5.03 Å². The molecule has 0 unspecified atom stereocenters. The van der Waals surface area contributed by atoms with Gasteiger partial charge in [0.15, 0.2) is 21.5 Å². The van der Waals surface area contributed by atoms with Crippen molar-refractivity contribution in [2.45, 2.75) is 5.03 Å². The molecule has 0 bridgehead atoms. The van der Waals surface area contributed by atoms with Crippen LogP contribution in [0.25, 0.3) is 5.82 Å². The van der Waals surface area contributed by atoms with E-state index in [0.717, 1.165) is 6.26 Å². The molecule has 0 saturated carbocycles. The lowest BCUT2D eigenvalue weighted by Gasteiger charge is -2.01. The lowest BCUT2D eigenvalue weighted by molar-refractivity contribution is 0.596. The first kappa shape index (κ1) is 11.4. The Morgan fingerprint density at radius 1 is 1.29 bits per heavy atom. The standard InChI is InChI=1S/C9H11N5O2S/c1-17(15,16)9-7(10)8(11)14(13-9)6-4-2-3-5-12-6/h2-5H,10-11H2,1H3. The van der Waals surface area contributed by atoms with Crippen LogP contribution in [0, 0.1) is 0 Å². The molecule has 0 aliphatic rings. The highest BCUT2D eigenvalue weighted by atomic mass is 32.2. The summed E-state index contributed by atoms with van der Waals surface area (Å²) in [7, 11) is -3.51. The van der Waals surface area contributed by atoms with Crippen molar-refractivity contribution in [1.82, 2.24) is 14.8 Å². The SMILES string of the molecule is CS(=O)(=O)c1nn(-c2ccccn2)c(N)c1N. The Kier molecular flexibility index (Phi) is 2.50. The fourth-order valence-corrected chi connectivity index (χ4v) is 2.08. The lowest BCUT2D eigenvalue weighted by Crippen LogP contribution is -2.04. The van der Waals surface area contributed by atoms with Crippen LogP contribution in [0.2, 0.25) is 0 Å². The van der Waals surface area contributed by atoms with Gasteiger partial charge in [-0.05, 0) is 12.1 Å². The van der Waals surface area contributed by atoms with Crippen molar-refractivity contribution in [2.24, 2.45) is 0 Å². The number of hydrogen-bond acceptors (Lipinski definition) is 6. The highest BCUT2D eigenvalue weighted by Gasteiger charge is 2.21. The first-order chi connectivity index (χ1) is 7.91. The number of hydrogen-bond donors (Lipinski definition) is 2. The highest BCUT2D eigenvalue weighted by molar-refractivity contribution is 7.90. The summed E-state index contributed by atoms with van der Waals surface area (Å²) in [6, 6.07) is 5.11. The number of anilines is 2. The van der Waals surface area contributed by atoms with Gasteiger partial charge in [0.25, 0.3) is 0 Å². The molecule has 2 aromatic heterocycles. The molecule has 8 heteroatoms. The quantitative estimate of drug-likeness (QED) is 0.767. The largest absolute Gasteiger partial charge is 0.393 e. The van der Waals surface area contributed by atoms with E-state index >= 15 is 0 Å². The van der Waals surface area contributed by atoms with E-state index in [1.54, 1.807) is 24.4 Å². The van der Waals surface area contributed by atoms with Crippen molar-refractivity contribution in [3.8, 4) is 5.82 Å². The minimum absolute atomic E-state index is 0.0573. The van der Waals surface area contributed by atoms with Crippen molar-refractivity contribution in [2.75, 3.05) is 17.7 Å². The summed E-state index contributed by atoms with van der Waals surface area (Å²) < 4.78 is 24.0.